The monoisotopic (exact) mass is 523 g/mol. The van der Waals surface area contributed by atoms with Crippen LogP contribution in [0.2, 0.25) is 0 Å². The summed E-state index contributed by atoms with van der Waals surface area (Å²) >= 11 is 0. The molecule has 1 N–H and O–H groups in total. The molecule has 0 unspecified atom stereocenters. The summed E-state index contributed by atoms with van der Waals surface area (Å²) in [6.07, 6.45) is 0. The largest absolute Gasteiger partial charge is 0.497 e. The highest BCUT2D eigenvalue weighted by atomic mass is 32.2. The number of ether oxygens (including phenoxy) is 1. The summed E-state index contributed by atoms with van der Waals surface area (Å²) in [5.41, 5.74) is 1.16. The summed E-state index contributed by atoms with van der Waals surface area (Å²) in [6, 6.07) is 22.8. The number of nitrogens with one attached hydrogen (secondary N) is 1. The lowest BCUT2D eigenvalue weighted by Gasteiger charge is -2.32. The van der Waals surface area contributed by atoms with E-state index in [4.69, 9.17) is 4.74 Å². The lowest BCUT2D eigenvalue weighted by atomic mass is 10.1. The molecule has 2 amide bonds. The fourth-order valence-corrected chi connectivity index (χ4v) is 5.18. The fourth-order valence-electron chi connectivity index (χ4n) is 3.77. The molecule has 37 heavy (non-hydrogen) atoms. The van der Waals surface area contributed by atoms with Gasteiger partial charge in [0.1, 0.15) is 18.3 Å². The number of nitrogens with zero attached hydrogens (tertiary/aromatic N) is 2. The molecule has 0 fully saturated rings. The van der Waals surface area contributed by atoms with Gasteiger partial charge in [-0.1, -0.05) is 48.5 Å². The number of hydrogen-bond acceptors (Lipinski definition) is 5. The average Bonchev–Trinajstić information content (AvgIpc) is 2.90. The van der Waals surface area contributed by atoms with Crippen molar-refractivity contribution < 1.29 is 22.7 Å². The predicted octanol–water partition coefficient (Wildman–Crippen LogP) is 3.83. The molecular weight excluding hydrogens is 490 g/mol. The Labute approximate surface area is 218 Å². The Morgan fingerprint density at radius 3 is 1.97 bits per heavy atom. The number of anilines is 1. The maximum Gasteiger partial charge on any atom is 0.264 e. The topological polar surface area (TPSA) is 96.0 Å². The molecule has 3 aromatic rings. The van der Waals surface area contributed by atoms with Crippen molar-refractivity contribution in [2.75, 3.05) is 18.0 Å². The van der Waals surface area contributed by atoms with Crippen LogP contribution in [0.5, 0.6) is 5.75 Å². The molecule has 8 nitrogen and oxygen atoms in total. The average molecular weight is 524 g/mol. The van der Waals surface area contributed by atoms with E-state index in [0.29, 0.717) is 11.4 Å². The van der Waals surface area contributed by atoms with Crippen LogP contribution < -0.4 is 14.4 Å². The molecule has 1 atom stereocenters. The van der Waals surface area contributed by atoms with Crippen LogP contribution in [0.15, 0.2) is 89.8 Å². The quantitative estimate of drug-likeness (QED) is 0.412. The van der Waals surface area contributed by atoms with Crippen molar-refractivity contribution in [2.45, 2.75) is 44.3 Å². The van der Waals surface area contributed by atoms with Gasteiger partial charge in [0.2, 0.25) is 11.8 Å². The summed E-state index contributed by atoms with van der Waals surface area (Å²) < 4.78 is 33.7. The summed E-state index contributed by atoms with van der Waals surface area (Å²) in [4.78, 5) is 28.1. The van der Waals surface area contributed by atoms with E-state index in [1.165, 1.54) is 24.1 Å². The van der Waals surface area contributed by atoms with Gasteiger partial charge in [0, 0.05) is 12.6 Å². The summed E-state index contributed by atoms with van der Waals surface area (Å²) in [5.74, 6) is -0.305. The minimum Gasteiger partial charge on any atom is -0.497 e. The van der Waals surface area contributed by atoms with E-state index >= 15 is 0 Å². The lowest BCUT2D eigenvalue weighted by molar-refractivity contribution is -0.139. The van der Waals surface area contributed by atoms with Gasteiger partial charge in [-0.25, -0.2) is 8.42 Å². The van der Waals surface area contributed by atoms with Gasteiger partial charge in [0.05, 0.1) is 17.7 Å². The van der Waals surface area contributed by atoms with Crippen LogP contribution in [0.3, 0.4) is 0 Å². The van der Waals surface area contributed by atoms with E-state index in [9.17, 15) is 18.0 Å². The Morgan fingerprint density at radius 1 is 0.865 bits per heavy atom. The molecular formula is C28H33N3O5S. The number of rotatable bonds is 11. The number of amides is 2. The molecule has 0 aliphatic rings. The van der Waals surface area contributed by atoms with Gasteiger partial charge in [-0.15, -0.1) is 0 Å². The van der Waals surface area contributed by atoms with Gasteiger partial charge in [-0.3, -0.25) is 13.9 Å². The predicted molar refractivity (Wildman–Crippen MR) is 144 cm³/mol. The highest BCUT2D eigenvalue weighted by Gasteiger charge is 2.32. The Morgan fingerprint density at radius 2 is 1.43 bits per heavy atom. The number of carbonyl (C=O) groups is 2. The third-order valence-corrected chi connectivity index (χ3v) is 7.55. The Balaban J connectivity index is 1.99. The van der Waals surface area contributed by atoms with Crippen molar-refractivity contribution >= 4 is 27.5 Å². The second kappa shape index (κ2) is 12.4. The van der Waals surface area contributed by atoms with E-state index < -0.39 is 28.5 Å². The minimum atomic E-state index is -4.12. The SMILES string of the molecule is COc1ccc(S(=O)(=O)N(CC(=O)N(Cc2ccccc2)[C@@H](C)C(=O)NC(C)C)c2ccccc2)cc1. The summed E-state index contributed by atoms with van der Waals surface area (Å²) in [7, 11) is -2.62. The molecule has 0 spiro atoms. The number of para-hydroxylation sites is 1. The van der Waals surface area contributed by atoms with E-state index in [2.05, 4.69) is 5.32 Å². The summed E-state index contributed by atoms with van der Waals surface area (Å²) in [6.45, 7) is 4.99. The number of sulfonamides is 1. The van der Waals surface area contributed by atoms with Crippen molar-refractivity contribution in [2.24, 2.45) is 0 Å². The van der Waals surface area contributed by atoms with Gasteiger partial charge in [0.15, 0.2) is 0 Å². The molecule has 0 saturated carbocycles. The Bertz CT molecular complexity index is 1280. The number of methoxy groups -OCH3 is 1. The first-order chi connectivity index (χ1) is 17.6. The molecule has 0 bridgehead atoms. The van der Waals surface area contributed by atoms with Gasteiger partial charge in [0.25, 0.3) is 10.0 Å². The molecule has 0 heterocycles. The third-order valence-electron chi connectivity index (χ3n) is 5.76. The van der Waals surface area contributed by atoms with E-state index in [-0.39, 0.29) is 23.4 Å². The van der Waals surface area contributed by atoms with Crippen molar-refractivity contribution in [1.82, 2.24) is 10.2 Å². The smallest absolute Gasteiger partial charge is 0.264 e. The number of hydrogen-bond donors (Lipinski definition) is 1. The van der Waals surface area contributed by atoms with Crippen molar-refractivity contribution in [1.29, 1.82) is 0 Å². The molecule has 9 heteroatoms. The second-order valence-corrected chi connectivity index (χ2v) is 10.7. The van der Waals surface area contributed by atoms with E-state index in [1.54, 1.807) is 49.4 Å². The van der Waals surface area contributed by atoms with Crippen LogP contribution in [-0.2, 0) is 26.2 Å². The molecule has 0 aliphatic heterocycles. The molecule has 0 radical (unpaired) electrons. The standard InChI is InChI=1S/C28H33N3O5S/c1-21(2)29-28(33)22(3)30(19-23-11-7-5-8-12-23)27(32)20-31(24-13-9-6-10-14-24)37(34,35)26-17-15-25(36-4)16-18-26/h5-18,21-22H,19-20H2,1-4H3,(H,29,33)/t22-/m0/s1. The number of benzene rings is 3. The molecule has 0 aliphatic carbocycles. The Hall–Kier alpha value is -3.85. The van der Waals surface area contributed by atoms with Crippen molar-refractivity contribution in [3.63, 3.8) is 0 Å². The molecule has 3 rings (SSSR count). The van der Waals surface area contributed by atoms with Gasteiger partial charge >= 0.3 is 0 Å². The molecule has 196 valence electrons. The highest BCUT2D eigenvalue weighted by Crippen LogP contribution is 2.25. The van der Waals surface area contributed by atoms with E-state index in [0.717, 1.165) is 9.87 Å². The zero-order valence-corrected chi connectivity index (χ0v) is 22.3. The molecule has 0 saturated heterocycles. The minimum absolute atomic E-state index is 0.0187. The zero-order chi connectivity index (χ0) is 27.0. The van der Waals surface area contributed by atoms with Crippen molar-refractivity contribution in [3.8, 4) is 5.75 Å². The zero-order valence-electron chi connectivity index (χ0n) is 21.5. The summed E-state index contributed by atoms with van der Waals surface area (Å²) in [5, 5.41) is 2.84. The van der Waals surface area contributed by atoms with Crippen LogP contribution in [0.1, 0.15) is 26.3 Å². The molecule has 3 aromatic carbocycles. The van der Waals surface area contributed by atoms with Crippen LogP contribution >= 0.6 is 0 Å². The normalized spacial score (nSPS) is 12.0. The first-order valence-electron chi connectivity index (χ1n) is 12.0. The maximum absolute atomic E-state index is 13.8. The number of carbonyl (C=O) groups excluding carboxylic acids is 2. The van der Waals surface area contributed by atoms with Crippen LogP contribution in [0, 0.1) is 0 Å². The lowest BCUT2D eigenvalue weighted by Crippen LogP contribution is -2.52. The van der Waals surface area contributed by atoms with Gasteiger partial charge < -0.3 is 15.0 Å². The van der Waals surface area contributed by atoms with Gasteiger partial charge in [-0.2, -0.15) is 0 Å². The first-order valence-corrected chi connectivity index (χ1v) is 13.4. The highest BCUT2D eigenvalue weighted by molar-refractivity contribution is 7.92. The maximum atomic E-state index is 13.8. The van der Waals surface area contributed by atoms with Crippen LogP contribution in [0.4, 0.5) is 5.69 Å². The van der Waals surface area contributed by atoms with Crippen molar-refractivity contribution in [3.05, 3.63) is 90.5 Å². The Kier molecular flexibility index (Phi) is 9.30. The van der Waals surface area contributed by atoms with E-state index in [1.807, 2.05) is 44.2 Å². The van der Waals surface area contributed by atoms with Crippen LogP contribution in [0.25, 0.3) is 0 Å². The first kappa shape index (κ1) is 27.7. The fraction of sp³-hybridized carbons (Fsp3) is 0.286. The second-order valence-electron chi connectivity index (χ2n) is 8.87. The third kappa shape index (κ3) is 7.10. The van der Waals surface area contributed by atoms with Gasteiger partial charge in [-0.05, 0) is 62.7 Å². The molecule has 0 aromatic heterocycles. The van der Waals surface area contributed by atoms with Crippen LogP contribution in [-0.4, -0.2) is 50.9 Å².